The van der Waals surface area contributed by atoms with E-state index in [1.807, 2.05) is 20.8 Å². The van der Waals surface area contributed by atoms with Crippen LogP contribution < -0.4 is 4.90 Å². The molecule has 1 aromatic carbocycles. The zero-order valence-corrected chi connectivity index (χ0v) is 13.2. The molecule has 1 aromatic rings. The standard InChI is InChI=1S/C16H20N2.C2H6/c1-4-11-17-15(5-2)13-8-7-9-16-14(13)10-12-18(16)6-3;1-2/h4-5,7-9,11H,1,6,10,12H2,2-3H3;1-2H3/b15-5-,17-11?;. The van der Waals surface area contributed by atoms with Gasteiger partial charge in [0.2, 0.25) is 0 Å². The van der Waals surface area contributed by atoms with Crippen LogP contribution in [-0.2, 0) is 6.42 Å². The van der Waals surface area contributed by atoms with Crippen molar-refractivity contribution in [2.24, 2.45) is 4.99 Å². The van der Waals surface area contributed by atoms with Gasteiger partial charge in [-0.1, -0.05) is 44.7 Å². The molecule has 0 bridgehead atoms. The lowest BCUT2D eigenvalue weighted by Crippen LogP contribution is -2.18. The normalized spacial score (nSPS) is 14.0. The molecule has 0 spiro atoms. The Bertz CT molecular complexity index is 498. The molecule has 2 heteroatoms. The third-order valence-corrected chi connectivity index (χ3v) is 3.37. The van der Waals surface area contributed by atoms with E-state index in [-0.39, 0.29) is 0 Å². The Morgan fingerprint density at radius 3 is 2.75 bits per heavy atom. The van der Waals surface area contributed by atoms with E-state index in [1.54, 1.807) is 12.3 Å². The Hall–Kier alpha value is -1.83. The topological polar surface area (TPSA) is 15.6 Å². The molecule has 0 saturated heterocycles. The van der Waals surface area contributed by atoms with Gasteiger partial charge in [-0.15, -0.1) is 0 Å². The van der Waals surface area contributed by atoms with Crippen molar-refractivity contribution in [3.05, 3.63) is 48.1 Å². The number of hydrogen-bond acceptors (Lipinski definition) is 2. The zero-order chi connectivity index (χ0) is 15.0. The van der Waals surface area contributed by atoms with Crippen LogP contribution in [-0.4, -0.2) is 19.3 Å². The molecule has 0 amide bonds. The number of fused-ring (bicyclic) bond motifs is 1. The molecule has 0 atom stereocenters. The number of anilines is 1. The molecule has 1 heterocycles. The summed E-state index contributed by atoms with van der Waals surface area (Å²) < 4.78 is 0. The van der Waals surface area contributed by atoms with Gasteiger partial charge in [0.15, 0.2) is 0 Å². The van der Waals surface area contributed by atoms with Gasteiger partial charge in [-0.05, 0) is 31.9 Å². The number of allylic oxidation sites excluding steroid dienone is 2. The average molecular weight is 270 g/mol. The summed E-state index contributed by atoms with van der Waals surface area (Å²) in [5.74, 6) is 0. The highest BCUT2D eigenvalue weighted by Gasteiger charge is 2.21. The van der Waals surface area contributed by atoms with E-state index in [0.717, 1.165) is 25.2 Å². The summed E-state index contributed by atoms with van der Waals surface area (Å²) in [5, 5.41) is 0. The van der Waals surface area contributed by atoms with Gasteiger partial charge in [-0.3, -0.25) is 4.99 Å². The number of aliphatic imine (C=N–C) groups is 1. The van der Waals surface area contributed by atoms with Crippen LogP contribution in [0.15, 0.2) is 41.9 Å². The fourth-order valence-electron chi connectivity index (χ4n) is 2.50. The van der Waals surface area contributed by atoms with Crippen molar-refractivity contribution in [2.75, 3.05) is 18.0 Å². The summed E-state index contributed by atoms with van der Waals surface area (Å²) in [7, 11) is 0. The van der Waals surface area contributed by atoms with E-state index >= 15 is 0 Å². The second-order valence-corrected chi connectivity index (χ2v) is 4.32. The van der Waals surface area contributed by atoms with Gasteiger partial charge in [0.25, 0.3) is 0 Å². The van der Waals surface area contributed by atoms with Gasteiger partial charge in [0, 0.05) is 30.6 Å². The maximum atomic E-state index is 4.46. The van der Waals surface area contributed by atoms with E-state index in [2.05, 4.69) is 47.7 Å². The fraction of sp³-hybridized carbons (Fsp3) is 0.389. The highest BCUT2D eigenvalue weighted by Crippen LogP contribution is 2.34. The largest absolute Gasteiger partial charge is 0.371 e. The maximum absolute atomic E-state index is 4.46. The first-order chi connectivity index (χ1) is 9.81. The molecule has 2 rings (SSSR count). The summed E-state index contributed by atoms with van der Waals surface area (Å²) in [5.41, 5.74) is 5.07. The lowest BCUT2D eigenvalue weighted by atomic mass is 10.0. The van der Waals surface area contributed by atoms with Crippen molar-refractivity contribution >= 4 is 17.6 Å². The van der Waals surface area contributed by atoms with Crippen LogP contribution >= 0.6 is 0 Å². The minimum atomic E-state index is 1.03. The second kappa shape index (κ2) is 8.36. The average Bonchev–Trinajstić information content (AvgIpc) is 2.94. The second-order valence-electron chi connectivity index (χ2n) is 4.32. The highest BCUT2D eigenvalue weighted by molar-refractivity contribution is 5.82. The van der Waals surface area contributed by atoms with Crippen LogP contribution in [0.5, 0.6) is 0 Å². The lowest BCUT2D eigenvalue weighted by Gasteiger charge is -2.17. The molecular formula is C18H26N2. The van der Waals surface area contributed by atoms with E-state index in [0.29, 0.717) is 0 Å². The third-order valence-electron chi connectivity index (χ3n) is 3.37. The molecule has 1 aliphatic heterocycles. The molecule has 0 aliphatic carbocycles. The molecule has 0 radical (unpaired) electrons. The summed E-state index contributed by atoms with van der Waals surface area (Å²) in [6.07, 6.45) is 6.64. The van der Waals surface area contributed by atoms with Gasteiger partial charge in [-0.2, -0.15) is 0 Å². The third kappa shape index (κ3) is 3.38. The molecule has 0 fully saturated rings. The van der Waals surface area contributed by atoms with E-state index in [1.165, 1.54) is 16.8 Å². The Morgan fingerprint density at radius 2 is 2.15 bits per heavy atom. The Labute approximate surface area is 123 Å². The van der Waals surface area contributed by atoms with Crippen LogP contribution in [0.3, 0.4) is 0 Å². The van der Waals surface area contributed by atoms with Gasteiger partial charge in [0.1, 0.15) is 0 Å². The molecule has 20 heavy (non-hydrogen) atoms. The number of rotatable bonds is 4. The quantitative estimate of drug-likeness (QED) is 0.723. The molecule has 108 valence electrons. The van der Waals surface area contributed by atoms with Gasteiger partial charge in [0.05, 0.1) is 5.70 Å². The monoisotopic (exact) mass is 270 g/mol. The number of benzene rings is 1. The number of hydrogen-bond donors (Lipinski definition) is 0. The van der Waals surface area contributed by atoms with Crippen molar-refractivity contribution in [1.82, 2.24) is 0 Å². The smallest absolute Gasteiger partial charge is 0.0662 e. The highest BCUT2D eigenvalue weighted by atomic mass is 15.1. The SMILES string of the molecule is C=CC=N/C(=C\C)c1cccc2c1CCN2CC.CC. The van der Waals surface area contributed by atoms with E-state index in [4.69, 9.17) is 0 Å². The first-order valence-corrected chi connectivity index (χ1v) is 7.50. The Balaban J connectivity index is 0.000000956. The van der Waals surface area contributed by atoms with Crippen molar-refractivity contribution in [2.45, 2.75) is 34.1 Å². The summed E-state index contributed by atoms with van der Waals surface area (Å²) in [4.78, 5) is 6.88. The van der Waals surface area contributed by atoms with Gasteiger partial charge < -0.3 is 4.90 Å². The van der Waals surface area contributed by atoms with Crippen LogP contribution in [0.1, 0.15) is 38.8 Å². The Morgan fingerprint density at radius 1 is 1.40 bits per heavy atom. The Kier molecular flexibility index (Phi) is 6.78. The van der Waals surface area contributed by atoms with Crippen LogP contribution in [0.4, 0.5) is 5.69 Å². The molecule has 2 nitrogen and oxygen atoms in total. The molecule has 0 unspecified atom stereocenters. The molecular weight excluding hydrogens is 244 g/mol. The van der Waals surface area contributed by atoms with Crippen molar-refractivity contribution in [3.8, 4) is 0 Å². The minimum absolute atomic E-state index is 1.03. The van der Waals surface area contributed by atoms with Crippen molar-refractivity contribution in [3.63, 3.8) is 0 Å². The fourth-order valence-corrected chi connectivity index (χ4v) is 2.50. The molecule has 1 aliphatic rings. The van der Waals surface area contributed by atoms with Crippen molar-refractivity contribution < 1.29 is 0 Å². The molecule has 0 N–H and O–H groups in total. The summed E-state index contributed by atoms with van der Waals surface area (Å²) >= 11 is 0. The minimum Gasteiger partial charge on any atom is -0.371 e. The molecule has 0 aromatic heterocycles. The summed E-state index contributed by atoms with van der Waals surface area (Å²) in [6, 6.07) is 6.49. The van der Waals surface area contributed by atoms with E-state index < -0.39 is 0 Å². The van der Waals surface area contributed by atoms with E-state index in [9.17, 15) is 0 Å². The lowest BCUT2D eigenvalue weighted by molar-refractivity contribution is 0.868. The van der Waals surface area contributed by atoms with Crippen LogP contribution in [0, 0.1) is 0 Å². The van der Waals surface area contributed by atoms with Gasteiger partial charge in [-0.25, -0.2) is 0 Å². The van der Waals surface area contributed by atoms with Crippen LogP contribution in [0.2, 0.25) is 0 Å². The summed E-state index contributed by atoms with van der Waals surface area (Å²) in [6.45, 7) is 14.1. The van der Waals surface area contributed by atoms with Crippen molar-refractivity contribution in [1.29, 1.82) is 0 Å². The maximum Gasteiger partial charge on any atom is 0.0662 e. The first kappa shape index (κ1) is 16.2. The zero-order valence-electron chi connectivity index (χ0n) is 13.2. The predicted octanol–water partition coefficient (Wildman–Crippen LogP) is 4.71. The predicted molar refractivity (Wildman–Crippen MR) is 91.7 cm³/mol. The molecule has 0 saturated carbocycles. The van der Waals surface area contributed by atoms with Crippen LogP contribution in [0.25, 0.3) is 5.70 Å². The first-order valence-electron chi connectivity index (χ1n) is 7.50. The number of nitrogens with zero attached hydrogens (tertiary/aromatic N) is 2. The number of likely N-dealkylation sites (N-methyl/N-ethyl adjacent to an activating group) is 1. The van der Waals surface area contributed by atoms with Gasteiger partial charge >= 0.3 is 0 Å².